The Hall–Kier alpha value is -1.59. The summed E-state index contributed by atoms with van der Waals surface area (Å²) < 4.78 is 2.26. The van der Waals surface area contributed by atoms with Crippen LogP contribution in [0.2, 0.25) is 0 Å². The number of aromatic nitrogens is 3. The van der Waals surface area contributed by atoms with E-state index in [0.29, 0.717) is 6.54 Å². The van der Waals surface area contributed by atoms with Gasteiger partial charge in [-0.05, 0) is 38.5 Å². The molecule has 1 aromatic rings. The Morgan fingerprint density at radius 1 is 1.24 bits per heavy atom. The zero-order valence-electron chi connectivity index (χ0n) is 12.9. The fourth-order valence-corrected chi connectivity index (χ4v) is 2.72. The van der Waals surface area contributed by atoms with Crippen molar-refractivity contribution in [3.05, 3.63) is 11.6 Å². The van der Waals surface area contributed by atoms with Crippen molar-refractivity contribution >= 4 is 5.96 Å². The van der Waals surface area contributed by atoms with E-state index in [2.05, 4.69) is 37.3 Å². The lowest BCUT2D eigenvalue weighted by molar-refractivity contribution is 0.605. The number of aliphatic imine (C=N–C) groups is 1. The summed E-state index contributed by atoms with van der Waals surface area (Å²) in [6.07, 6.45) is 7.50. The quantitative estimate of drug-likeness (QED) is 0.636. The van der Waals surface area contributed by atoms with E-state index in [-0.39, 0.29) is 0 Å². The molecule has 21 heavy (non-hydrogen) atoms. The molecule has 2 aliphatic rings. The number of guanidine groups is 1. The summed E-state index contributed by atoms with van der Waals surface area (Å²) in [7, 11) is 0. The van der Waals surface area contributed by atoms with Crippen LogP contribution in [0.3, 0.4) is 0 Å². The number of hydrogen-bond acceptors (Lipinski definition) is 3. The van der Waals surface area contributed by atoms with Crippen LogP contribution in [-0.2, 0) is 19.5 Å². The van der Waals surface area contributed by atoms with Crippen molar-refractivity contribution in [1.82, 2.24) is 25.4 Å². The van der Waals surface area contributed by atoms with Gasteiger partial charge in [0.2, 0.25) is 0 Å². The molecule has 1 fully saturated rings. The summed E-state index contributed by atoms with van der Waals surface area (Å²) in [6.45, 7) is 5.65. The van der Waals surface area contributed by atoms with Gasteiger partial charge in [0.1, 0.15) is 12.4 Å². The van der Waals surface area contributed by atoms with Crippen molar-refractivity contribution in [2.45, 2.75) is 58.5 Å². The molecule has 0 spiro atoms. The van der Waals surface area contributed by atoms with Gasteiger partial charge in [-0.15, -0.1) is 10.2 Å². The minimum absolute atomic E-state index is 0.604. The molecule has 1 saturated carbocycles. The largest absolute Gasteiger partial charge is 0.357 e. The van der Waals surface area contributed by atoms with Gasteiger partial charge in [-0.3, -0.25) is 0 Å². The van der Waals surface area contributed by atoms with Crippen LogP contribution >= 0.6 is 0 Å². The zero-order chi connectivity index (χ0) is 14.5. The maximum absolute atomic E-state index is 4.67. The van der Waals surface area contributed by atoms with Crippen molar-refractivity contribution in [2.24, 2.45) is 10.9 Å². The monoisotopic (exact) mass is 290 g/mol. The first kappa shape index (κ1) is 14.4. The van der Waals surface area contributed by atoms with Gasteiger partial charge >= 0.3 is 0 Å². The van der Waals surface area contributed by atoms with Gasteiger partial charge in [0.25, 0.3) is 0 Å². The summed E-state index contributed by atoms with van der Waals surface area (Å²) in [5.41, 5.74) is 0. The number of nitrogens with one attached hydrogen (secondary N) is 2. The Morgan fingerprint density at radius 2 is 2.14 bits per heavy atom. The molecule has 3 rings (SSSR count). The topological polar surface area (TPSA) is 67.1 Å². The Labute approximate surface area is 126 Å². The van der Waals surface area contributed by atoms with Crippen LogP contribution in [0, 0.1) is 5.92 Å². The lowest BCUT2D eigenvalue weighted by Gasteiger charge is -2.11. The van der Waals surface area contributed by atoms with Gasteiger partial charge in [-0.2, -0.15) is 0 Å². The van der Waals surface area contributed by atoms with Crippen LogP contribution < -0.4 is 10.6 Å². The fourth-order valence-electron chi connectivity index (χ4n) is 2.72. The van der Waals surface area contributed by atoms with E-state index < -0.39 is 0 Å². The van der Waals surface area contributed by atoms with Crippen molar-refractivity contribution in [3.63, 3.8) is 0 Å². The van der Waals surface area contributed by atoms with E-state index in [1.807, 2.05) is 0 Å². The Morgan fingerprint density at radius 3 is 2.95 bits per heavy atom. The molecule has 0 aromatic carbocycles. The molecule has 6 nitrogen and oxygen atoms in total. The number of rotatable bonds is 5. The average Bonchev–Trinajstić information content (AvgIpc) is 3.28. The molecule has 2 N–H and O–H groups in total. The predicted octanol–water partition coefficient (Wildman–Crippen LogP) is 1.47. The molecule has 0 radical (unpaired) electrons. The molecular formula is C15H26N6. The maximum atomic E-state index is 4.67. The van der Waals surface area contributed by atoms with Crippen molar-refractivity contribution in [1.29, 1.82) is 0 Å². The highest BCUT2D eigenvalue weighted by Crippen LogP contribution is 2.27. The summed E-state index contributed by atoms with van der Waals surface area (Å²) in [4.78, 5) is 4.67. The lowest BCUT2D eigenvalue weighted by Crippen LogP contribution is -2.38. The van der Waals surface area contributed by atoms with Gasteiger partial charge in [-0.25, -0.2) is 4.99 Å². The van der Waals surface area contributed by atoms with Crippen LogP contribution in [0.25, 0.3) is 0 Å². The molecule has 1 aromatic heterocycles. The summed E-state index contributed by atoms with van der Waals surface area (Å²) >= 11 is 0. The smallest absolute Gasteiger partial charge is 0.191 e. The summed E-state index contributed by atoms with van der Waals surface area (Å²) in [6, 6.07) is 0. The number of nitrogens with zero attached hydrogens (tertiary/aromatic N) is 4. The second-order valence-corrected chi connectivity index (χ2v) is 6.01. The number of hydrogen-bond donors (Lipinski definition) is 2. The first-order valence-corrected chi connectivity index (χ1v) is 8.30. The van der Waals surface area contributed by atoms with Crippen LogP contribution in [0.1, 0.15) is 50.7 Å². The Kier molecular flexibility index (Phi) is 4.72. The SMILES string of the molecule is CCNC(=NCc1nnc2n1CCCCC2)NCC1CC1. The van der Waals surface area contributed by atoms with E-state index in [1.54, 1.807) is 0 Å². The van der Waals surface area contributed by atoms with Gasteiger partial charge in [0.05, 0.1) is 0 Å². The van der Waals surface area contributed by atoms with Crippen molar-refractivity contribution < 1.29 is 0 Å². The molecule has 2 heterocycles. The molecule has 0 unspecified atom stereocenters. The van der Waals surface area contributed by atoms with E-state index in [1.165, 1.54) is 32.1 Å². The normalized spacial score (nSPS) is 19.0. The molecule has 6 heteroatoms. The molecule has 116 valence electrons. The molecule has 1 aliphatic heterocycles. The minimum atomic E-state index is 0.604. The van der Waals surface area contributed by atoms with E-state index in [4.69, 9.17) is 0 Å². The third-order valence-electron chi connectivity index (χ3n) is 4.16. The first-order valence-electron chi connectivity index (χ1n) is 8.30. The van der Waals surface area contributed by atoms with Gasteiger partial charge in [0, 0.05) is 26.1 Å². The van der Waals surface area contributed by atoms with Crippen LogP contribution in [0.4, 0.5) is 0 Å². The Balaban J connectivity index is 1.63. The van der Waals surface area contributed by atoms with Crippen LogP contribution in [0.15, 0.2) is 4.99 Å². The number of aryl methyl sites for hydroxylation is 1. The third kappa shape index (κ3) is 3.95. The summed E-state index contributed by atoms with van der Waals surface area (Å²) in [5.74, 6) is 3.87. The highest BCUT2D eigenvalue weighted by atomic mass is 15.3. The second-order valence-electron chi connectivity index (χ2n) is 6.01. The maximum Gasteiger partial charge on any atom is 0.191 e. The van der Waals surface area contributed by atoms with Crippen molar-refractivity contribution in [3.8, 4) is 0 Å². The summed E-state index contributed by atoms with van der Waals surface area (Å²) in [5, 5.41) is 15.4. The molecule has 1 aliphatic carbocycles. The van der Waals surface area contributed by atoms with Crippen LogP contribution in [0.5, 0.6) is 0 Å². The average molecular weight is 290 g/mol. The standard InChI is InChI=1S/C15H26N6/c1-2-16-15(17-10-12-7-8-12)18-11-14-20-19-13-6-4-3-5-9-21(13)14/h12H,2-11H2,1H3,(H2,16,17,18). The molecule has 0 atom stereocenters. The second kappa shape index (κ2) is 6.91. The Bertz CT molecular complexity index is 488. The van der Waals surface area contributed by atoms with Gasteiger partial charge in [0.15, 0.2) is 11.8 Å². The highest BCUT2D eigenvalue weighted by Gasteiger charge is 2.21. The van der Waals surface area contributed by atoms with Crippen LogP contribution in [-0.4, -0.2) is 33.8 Å². The molecule has 0 saturated heterocycles. The molecule has 0 bridgehead atoms. The predicted molar refractivity (Wildman–Crippen MR) is 83.1 cm³/mol. The van der Waals surface area contributed by atoms with E-state index >= 15 is 0 Å². The van der Waals surface area contributed by atoms with Gasteiger partial charge < -0.3 is 15.2 Å². The minimum Gasteiger partial charge on any atom is -0.357 e. The first-order chi connectivity index (χ1) is 10.4. The van der Waals surface area contributed by atoms with Crippen molar-refractivity contribution in [2.75, 3.05) is 13.1 Å². The zero-order valence-corrected chi connectivity index (χ0v) is 12.9. The fraction of sp³-hybridized carbons (Fsp3) is 0.800. The highest BCUT2D eigenvalue weighted by molar-refractivity contribution is 5.79. The molecule has 0 amide bonds. The van der Waals surface area contributed by atoms with E-state index in [9.17, 15) is 0 Å². The van der Waals surface area contributed by atoms with Gasteiger partial charge in [-0.1, -0.05) is 6.42 Å². The number of fused-ring (bicyclic) bond motifs is 1. The third-order valence-corrected chi connectivity index (χ3v) is 4.16. The lowest BCUT2D eigenvalue weighted by atomic mass is 10.2. The molecular weight excluding hydrogens is 264 g/mol. The van der Waals surface area contributed by atoms with E-state index in [0.717, 1.165) is 49.6 Å².